The lowest BCUT2D eigenvalue weighted by atomic mass is 10.2. The van der Waals surface area contributed by atoms with Gasteiger partial charge in [-0.1, -0.05) is 18.2 Å². The molecule has 1 saturated heterocycles. The number of halogens is 3. The van der Waals surface area contributed by atoms with Crippen LogP contribution in [0.4, 0.5) is 24.0 Å². The Bertz CT molecular complexity index is 589. The normalized spacial score (nSPS) is 16.3. The largest absolute Gasteiger partial charge is 0.434 e. The molecule has 1 aromatic carbocycles. The number of para-hydroxylation sites is 1. The molecule has 2 aromatic rings. The summed E-state index contributed by atoms with van der Waals surface area (Å²) in [6.07, 6.45) is -4.36. The summed E-state index contributed by atoms with van der Waals surface area (Å²) in [7, 11) is 0. The highest BCUT2D eigenvalue weighted by Gasteiger charge is 2.34. The van der Waals surface area contributed by atoms with E-state index >= 15 is 0 Å². The van der Waals surface area contributed by atoms with E-state index in [1.807, 2.05) is 35.2 Å². The van der Waals surface area contributed by atoms with Gasteiger partial charge < -0.3 is 9.80 Å². The van der Waals surface area contributed by atoms with Gasteiger partial charge in [-0.3, -0.25) is 0 Å². The monoisotopic (exact) mass is 313 g/mol. The Labute approximate surface area is 124 Å². The Morgan fingerprint density at radius 1 is 0.952 bits per heavy atom. The van der Waals surface area contributed by atoms with Crippen LogP contribution in [0.3, 0.4) is 0 Å². The van der Waals surface area contributed by atoms with E-state index < -0.39 is 11.9 Å². The van der Waals surface area contributed by atoms with Gasteiger partial charge >= 0.3 is 6.18 Å². The third kappa shape index (κ3) is 3.12. The summed E-state index contributed by atoms with van der Waals surface area (Å²) >= 11 is 1.06. The smallest absolute Gasteiger partial charge is 0.368 e. The molecule has 21 heavy (non-hydrogen) atoms. The molecule has 3 nitrogen and oxygen atoms in total. The fourth-order valence-electron chi connectivity index (χ4n) is 2.33. The van der Waals surface area contributed by atoms with Crippen molar-refractivity contribution in [3.8, 4) is 0 Å². The number of hydrogen-bond donors (Lipinski definition) is 0. The highest BCUT2D eigenvalue weighted by molar-refractivity contribution is 7.13. The maximum atomic E-state index is 12.6. The molecule has 0 aliphatic carbocycles. The second-order valence-electron chi connectivity index (χ2n) is 4.82. The molecule has 3 rings (SSSR count). The second-order valence-corrected chi connectivity index (χ2v) is 5.66. The summed E-state index contributed by atoms with van der Waals surface area (Å²) in [5.41, 5.74) is 0.347. The number of rotatable bonds is 2. The minimum Gasteiger partial charge on any atom is -0.368 e. The van der Waals surface area contributed by atoms with Gasteiger partial charge in [-0.05, 0) is 12.1 Å². The number of benzene rings is 1. The fraction of sp³-hybridized carbons (Fsp3) is 0.357. The highest BCUT2D eigenvalue weighted by Crippen LogP contribution is 2.33. The van der Waals surface area contributed by atoms with Crippen molar-refractivity contribution in [1.82, 2.24) is 4.98 Å². The maximum Gasteiger partial charge on any atom is 0.434 e. The molecule has 0 radical (unpaired) electrons. The minimum atomic E-state index is -4.36. The quantitative estimate of drug-likeness (QED) is 0.846. The Kier molecular flexibility index (Phi) is 3.75. The van der Waals surface area contributed by atoms with Gasteiger partial charge in [0.15, 0.2) is 10.8 Å². The van der Waals surface area contributed by atoms with E-state index in [1.165, 1.54) is 0 Å². The summed E-state index contributed by atoms with van der Waals surface area (Å²) in [6, 6.07) is 10.0. The highest BCUT2D eigenvalue weighted by atomic mass is 32.1. The van der Waals surface area contributed by atoms with E-state index in [4.69, 9.17) is 0 Å². The number of aromatic nitrogens is 1. The third-order valence-electron chi connectivity index (χ3n) is 3.45. The topological polar surface area (TPSA) is 19.4 Å². The first-order valence-electron chi connectivity index (χ1n) is 6.62. The third-order valence-corrected chi connectivity index (χ3v) is 4.36. The van der Waals surface area contributed by atoms with Crippen LogP contribution in [0.15, 0.2) is 35.7 Å². The molecule has 0 amide bonds. The van der Waals surface area contributed by atoms with E-state index in [0.717, 1.165) is 35.5 Å². The molecule has 0 N–H and O–H groups in total. The van der Waals surface area contributed by atoms with Gasteiger partial charge in [-0.25, -0.2) is 4.98 Å². The van der Waals surface area contributed by atoms with Crippen molar-refractivity contribution in [3.63, 3.8) is 0 Å². The predicted octanol–water partition coefficient (Wildman–Crippen LogP) is 3.49. The van der Waals surface area contributed by atoms with Crippen LogP contribution >= 0.6 is 11.3 Å². The predicted molar refractivity (Wildman–Crippen MR) is 78.0 cm³/mol. The molecule has 1 aliphatic rings. The molecule has 0 unspecified atom stereocenters. The average Bonchev–Trinajstić information content (AvgIpc) is 2.98. The molecule has 1 fully saturated rings. The molecular weight excluding hydrogens is 299 g/mol. The first-order chi connectivity index (χ1) is 10.0. The number of hydrogen-bond acceptors (Lipinski definition) is 4. The Balaban J connectivity index is 1.65. The zero-order valence-electron chi connectivity index (χ0n) is 11.2. The van der Waals surface area contributed by atoms with Gasteiger partial charge in [0, 0.05) is 37.2 Å². The number of thiazole rings is 1. The first kappa shape index (κ1) is 14.2. The maximum absolute atomic E-state index is 12.6. The van der Waals surface area contributed by atoms with Gasteiger partial charge in [-0.15, -0.1) is 11.3 Å². The molecule has 1 aliphatic heterocycles. The van der Waals surface area contributed by atoms with Crippen LogP contribution in [0.2, 0.25) is 0 Å². The lowest BCUT2D eigenvalue weighted by molar-refractivity contribution is -0.140. The zero-order valence-corrected chi connectivity index (χ0v) is 12.0. The Morgan fingerprint density at radius 2 is 1.57 bits per heavy atom. The summed E-state index contributed by atoms with van der Waals surface area (Å²) < 4.78 is 37.7. The number of nitrogens with zero attached hydrogens (tertiary/aromatic N) is 3. The number of alkyl halides is 3. The van der Waals surface area contributed by atoms with Crippen LogP contribution in [0.5, 0.6) is 0 Å². The molecule has 112 valence electrons. The van der Waals surface area contributed by atoms with Crippen LogP contribution in [-0.4, -0.2) is 31.2 Å². The summed E-state index contributed by atoms with van der Waals surface area (Å²) in [5, 5.41) is 1.54. The van der Waals surface area contributed by atoms with Crippen LogP contribution in [0, 0.1) is 0 Å². The van der Waals surface area contributed by atoms with Gasteiger partial charge in [0.1, 0.15) is 0 Å². The Hall–Kier alpha value is -1.76. The van der Waals surface area contributed by atoms with Gasteiger partial charge in [-0.2, -0.15) is 13.2 Å². The van der Waals surface area contributed by atoms with Crippen molar-refractivity contribution in [2.24, 2.45) is 0 Å². The summed E-state index contributed by atoms with van der Waals surface area (Å²) in [5.74, 6) is 0. The number of anilines is 2. The van der Waals surface area contributed by atoms with E-state index in [1.54, 1.807) is 0 Å². The first-order valence-corrected chi connectivity index (χ1v) is 7.50. The van der Waals surface area contributed by atoms with Crippen molar-refractivity contribution in [1.29, 1.82) is 0 Å². The van der Waals surface area contributed by atoms with Gasteiger partial charge in [0.05, 0.1) is 0 Å². The molecule has 0 spiro atoms. The minimum absolute atomic E-state index is 0.454. The van der Waals surface area contributed by atoms with E-state index in [2.05, 4.69) is 9.88 Å². The summed E-state index contributed by atoms with van der Waals surface area (Å²) in [4.78, 5) is 7.85. The van der Waals surface area contributed by atoms with Gasteiger partial charge in [0.2, 0.25) is 0 Å². The van der Waals surface area contributed by atoms with E-state index in [9.17, 15) is 13.2 Å². The standard InChI is InChI=1S/C14H14F3N3S/c15-14(16,17)12-10-21-13(18-12)20-8-6-19(7-9-20)11-4-2-1-3-5-11/h1-5,10H,6-9H2. The molecule has 1 aromatic heterocycles. The van der Waals surface area contributed by atoms with Crippen LogP contribution in [0.25, 0.3) is 0 Å². The van der Waals surface area contributed by atoms with Crippen molar-refractivity contribution in [2.45, 2.75) is 6.18 Å². The lowest BCUT2D eigenvalue weighted by Gasteiger charge is -2.36. The van der Waals surface area contributed by atoms with Gasteiger partial charge in [0.25, 0.3) is 0 Å². The van der Waals surface area contributed by atoms with Crippen molar-refractivity contribution < 1.29 is 13.2 Å². The molecule has 0 bridgehead atoms. The summed E-state index contributed by atoms with van der Waals surface area (Å²) in [6.45, 7) is 2.93. The Morgan fingerprint density at radius 3 is 2.14 bits per heavy atom. The van der Waals surface area contributed by atoms with Crippen LogP contribution in [-0.2, 0) is 6.18 Å². The average molecular weight is 313 g/mol. The molecule has 7 heteroatoms. The SMILES string of the molecule is FC(F)(F)c1csc(N2CCN(c3ccccc3)CC2)n1. The van der Waals surface area contributed by atoms with Crippen molar-refractivity contribution in [3.05, 3.63) is 41.4 Å². The molecule has 2 heterocycles. The van der Waals surface area contributed by atoms with E-state index in [0.29, 0.717) is 18.2 Å². The van der Waals surface area contributed by atoms with Crippen LogP contribution < -0.4 is 9.80 Å². The van der Waals surface area contributed by atoms with Crippen molar-refractivity contribution in [2.75, 3.05) is 36.0 Å². The second kappa shape index (κ2) is 5.55. The van der Waals surface area contributed by atoms with Crippen molar-refractivity contribution >= 4 is 22.2 Å². The van der Waals surface area contributed by atoms with Crippen LogP contribution in [0.1, 0.15) is 5.69 Å². The number of piperazine rings is 1. The fourth-order valence-corrected chi connectivity index (χ4v) is 3.22. The molecule has 0 saturated carbocycles. The zero-order chi connectivity index (χ0) is 14.9. The van der Waals surface area contributed by atoms with E-state index in [-0.39, 0.29) is 0 Å². The molecule has 0 atom stereocenters. The lowest BCUT2D eigenvalue weighted by Crippen LogP contribution is -2.46. The molecular formula is C14H14F3N3S.